The second-order valence-electron chi connectivity index (χ2n) is 4.11. The van der Waals surface area contributed by atoms with E-state index in [1.807, 2.05) is 0 Å². The minimum absolute atomic E-state index is 0.105. The highest BCUT2D eigenvalue weighted by Crippen LogP contribution is 2.24. The normalized spacial score (nSPS) is 10.2. The van der Waals surface area contributed by atoms with Gasteiger partial charge in [-0.15, -0.1) is 0 Å². The minimum Gasteiger partial charge on any atom is -0.366 e. The van der Waals surface area contributed by atoms with E-state index in [2.05, 4.69) is 21.2 Å². The number of primary amides is 1. The van der Waals surface area contributed by atoms with Crippen molar-refractivity contribution < 1.29 is 14.0 Å². The van der Waals surface area contributed by atoms with Gasteiger partial charge in [0.2, 0.25) is 5.91 Å². The summed E-state index contributed by atoms with van der Waals surface area (Å²) in [4.78, 5) is 23.1. The number of rotatable bonds is 3. The van der Waals surface area contributed by atoms with Gasteiger partial charge >= 0.3 is 0 Å². The quantitative estimate of drug-likeness (QED) is 0.865. The lowest BCUT2D eigenvalue weighted by Crippen LogP contribution is -2.15. The number of nitrogens with one attached hydrogen (secondary N) is 1. The molecule has 0 aliphatic carbocycles. The summed E-state index contributed by atoms with van der Waals surface area (Å²) < 4.78 is 14.0. The number of amides is 2. The lowest BCUT2D eigenvalue weighted by atomic mass is 10.1. The van der Waals surface area contributed by atoms with E-state index < -0.39 is 17.6 Å². The van der Waals surface area contributed by atoms with Gasteiger partial charge in [-0.3, -0.25) is 9.59 Å². The lowest BCUT2D eigenvalue weighted by Gasteiger charge is -2.09. The number of carbonyl (C=O) groups excluding carboxylic acids is 2. The molecule has 2 rings (SSSR count). The molecular formula is C14H9BrClFN2O2. The maximum Gasteiger partial charge on any atom is 0.259 e. The van der Waals surface area contributed by atoms with Crippen molar-refractivity contribution in [2.24, 2.45) is 5.73 Å². The number of hydrogen-bond acceptors (Lipinski definition) is 2. The summed E-state index contributed by atoms with van der Waals surface area (Å²) >= 11 is 9.00. The van der Waals surface area contributed by atoms with E-state index in [4.69, 9.17) is 17.3 Å². The molecule has 0 heterocycles. The second-order valence-corrected chi connectivity index (χ2v) is 5.37. The number of nitrogens with two attached hydrogens (primary N) is 1. The van der Waals surface area contributed by atoms with Gasteiger partial charge in [-0.2, -0.15) is 0 Å². The van der Waals surface area contributed by atoms with Crippen LogP contribution in [-0.4, -0.2) is 11.8 Å². The molecule has 7 heteroatoms. The van der Waals surface area contributed by atoms with Crippen molar-refractivity contribution in [2.75, 3.05) is 5.32 Å². The fourth-order valence-electron chi connectivity index (χ4n) is 1.70. The van der Waals surface area contributed by atoms with E-state index in [-0.39, 0.29) is 16.1 Å². The molecule has 2 amide bonds. The van der Waals surface area contributed by atoms with E-state index in [9.17, 15) is 14.0 Å². The molecule has 0 aliphatic rings. The topological polar surface area (TPSA) is 72.2 Å². The number of anilines is 1. The van der Waals surface area contributed by atoms with E-state index >= 15 is 0 Å². The summed E-state index contributed by atoms with van der Waals surface area (Å²) in [5.74, 6) is -1.96. The molecule has 108 valence electrons. The van der Waals surface area contributed by atoms with Crippen molar-refractivity contribution in [3.63, 3.8) is 0 Å². The highest BCUT2D eigenvalue weighted by Gasteiger charge is 2.16. The number of benzene rings is 2. The molecule has 0 saturated heterocycles. The first-order chi connectivity index (χ1) is 9.90. The Kier molecular flexibility index (Phi) is 4.59. The van der Waals surface area contributed by atoms with Crippen LogP contribution in [0.4, 0.5) is 10.1 Å². The van der Waals surface area contributed by atoms with Crippen LogP contribution in [-0.2, 0) is 0 Å². The summed E-state index contributed by atoms with van der Waals surface area (Å²) in [6.07, 6.45) is 0. The van der Waals surface area contributed by atoms with Gasteiger partial charge in [-0.25, -0.2) is 4.39 Å². The van der Waals surface area contributed by atoms with E-state index in [1.165, 1.54) is 30.3 Å². The SMILES string of the molecule is NC(=O)c1ccc(NC(=O)c2c(F)cccc2Br)cc1Cl. The molecule has 0 spiro atoms. The van der Waals surface area contributed by atoms with Crippen LogP contribution in [0.25, 0.3) is 0 Å². The number of hydrogen-bond donors (Lipinski definition) is 2. The van der Waals surface area contributed by atoms with Crippen LogP contribution >= 0.6 is 27.5 Å². The third-order valence-electron chi connectivity index (χ3n) is 2.68. The summed E-state index contributed by atoms with van der Waals surface area (Å²) in [6, 6.07) is 8.43. The first kappa shape index (κ1) is 15.5. The first-order valence-electron chi connectivity index (χ1n) is 5.75. The molecule has 0 fully saturated rings. The molecule has 21 heavy (non-hydrogen) atoms. The molecule has 0 radical (unpaired) electrons. The van der Waals surface area contributed by atoms with Gasteiger partial charge in [0.05, 0.1) is 16.1 Å². The predicted octanol–water partition coefficient (Wildman–Crippen LogP) is 3.59. The maximum atomic E-state index is 13.7. The first-order valence-corrected chi connectivity index (χ1v) is 6.92. The molecule has 0 atom stereocenters. The molecule has 4 nitrogen and oxygen atoms in total. The van der Waals surface area contributed by atoms with Crippen LogP contribution in [0.1, 0.15) is 20.7 Å². The average Bonchev–Trinajstić information content (AvgIpc) is 2.37. The summed E-state index contributed by atoms with van der Waals surface area (Å²) in [5.41, 5.74) is 5.48. The monoisotopic (exact) mass is 370 g/mol. The van der Waals surface area contributed by atoms with E-state index in [0.717, 1.165) is 0 Å². The van der Waals surface area contributed by atoms with Crippen molar-refractivity contribution in [3.05, 3.63) is 62.8 Å². The van der Waals surface area contributed by atoms with Crippen molar-refractivity contribution in [1.29, 1.82) is 0 Å². The lowest BCUT2D eigenvalue weighted by molar-refractivity contribution is 0.0998. The molecule has 3 N–H and O–H groups in total. The number of halogens is 3. The Morgan fingerprint density at radius 2 is 1.95 bits per heavy atom. The van der Waals surface area contributed by atoms with E-state index in [0.29, 0.717) is 10.2 Å². The largest absolute Gasteiger partial charge is 0.366 e. The molecule has 0 saturated carbocycles. The highest BCUT2D eigenvalue weighted by molar-refractivity contribution is 9.10. The molecule has 0 aromatic heterocycles. The Hall–Kier alpha value is -1.92. The van der Waals surface area contributed by atoms with Gasteiger partial charge in [0, 0.05) is 10.2 Å². The Labute approximate surface area is 133 Å². The highest BCUT2D eigenvalue weighted by atomic mass is 79.9. The summed E-state index contributed by atoms with van der Waals surface area (Å²) in [7, 11) is 0. The van der Waals surface area contributed by atoms with Crippen LogP contribution in [0.3, 0.4) is 0 Å². The smallest absolute Gasteiger partial charge is 0.259 e. The zero-order valence-electron chi connectivity index (χ0n) is 10.5. The fourth-order valence-corrected chi connectivity index (χ4v) is 2.50. The summed E-state index contributed by atoms with van der Waals surface area (Å²) in [5, 5.41) is 2.61. The van der Waals surface area contributed by atoms with Crippen molar-refractivity contribution in [3.8, 4) is 0 Å². The maximum absolute atomic E-state index is 13.7. The molecule has 2 aromatic carbocycles. The average molecular weight is 372 g/mol. The van der Waals surface area contributed by atoms with Gasteiger partial charge in [0.25, 0.3) is 5.91 Å². The minimum atomic E-state index is -0.672. The van der Waals surface area contributed by atoms with Gasteiger partial charge < -0.3 is 11.1 Å². The predicted molar refractivity (Wildman–Crippen MR) is 82.0 cm³/mol. The molecule has 0 bridgehead atoms. The Bertz CT molecular complexity index is 717. The van der Waals surface area contributed by atoms with Gasteiger partial charge in [0.1, 0.15) is 5.82 Å². The fraction of sp³-hybridized carbons (Fsp3) is 0. The van der Waals surface area contributed by atoms with Crippen LogP contribution in [0.5, 0.6) is 0 Å². The second kappa shape index (κ2) is 6.24. The summed E-state index contributed by atoms with van der Waals surface area (Å²) in [6.45, 7) is 0. The standard InChI is InChI=1S/C14H9BrClFN2O2/c15-9-2-1-3-11(17)12(9)14(21)19-7-4-5-8(13(18)20)10(16)6-7/h1-6H,(H2,18,20)(H,19,21). The zero-order valence-corrected chi connectivity index (χ0v) is 12.8. The zero-order chi connectivity index (χ0) is 15.6. The number of carbonyl (C=O) groups is 2. The van der Waals surface area contributed by atoms with Gasteiger partial charge in [-0.1, -0.05) is 17.7 Å². The van der Waals surface area contributed by atoms with E-state index in [1.54, 1.807) is 6.07 Å². The Morgan fingerprint density at radius 3 is 2.52 bits per heavy atom. The molecule has 0 aliphatic heterocycles. The third-order valence-corrected chi connectivity index (χ3v) is 3.66. The molecule has 0 unspecified atom stereocenters. The Balaban J connectivity index is 2.28. The van der Waals surface area contributed by atoms with Crippen LogP contribution in [0, 0.1) is 5.82 Å². The van der Waals surface area contributed by atoms with Gasteiger partial charge in [0.15, 0.2) is 0 Å². The van der Waals surface area contributed by atoms with Crippen molar-refractivity contribution in [2.45, 2.75) is 0 Å². The van der Waals surface area contributed by atoms with Crippen molar-refractivity contribution in [1.82, 2.24) is 0 Å². The van der Waals surface area contributed by atoms with Crippen molar-refractivity contribution >= 4 is 45.0 Å². The van der Waals surface area contributed by atoms with Crippen LogP contribution in [0.2, 0.25) is 5.02 Å². The van der Waals surface area contributed by atoms with Crippen LogP contribution in [0.15, 0.2) is 40.9 Å². The third kappa shape index (κ3) is 3.40. The van der Waals surface area contributed by atoms with Crippen LogP contribution < -0.4 is 11.1 Å². The Morgan fingerprint density at radius 1 is 1.24 bits per heavy atom. The molecule has 2 aromatic rings. The van der Waals surface area contributed by atoms with Gasteiger partial charge in [-0.05, 0) is 46.3 Å². The molecular weight excluding hydrogens is 363 g/mol.